The summed E-state index contributed by atoms with van der Waals surface area (Å²) in [5.74, 6) is -0.601. The lowest BCUT2D eigenvalue weighted by molar-refractivity contribution is -0.137. The Bertz CT molecular complexity index is 769. The van der Waals surface area contributed by atoms with E-state index in [0.29, 0.717) is 16.7 Å². The maximum atomic E-state index is 12.9. The number of thioether (sulfide) groups is 1. The summed E-state index contributed by atoms with van der Waals surface area (Å²) < 4.78 is 38.7. The molecule has 4 nitrogen and oxygen atoms in total. The second-order valence-corrected chi connectivity index (χ2v) is 6.30. The zero-order chi connectivity index (χ0) is 17.9. The molecular formula is C15H12ClF3N2O2S. The number of pyridine rings is 1. The van der Waals surface area contributed by atoms with E-state index >= 15 is 0 Å². The molecule has 24 heavy (non-hydrogen) atoms. The molecule has 0 aliphatic rings. The highest BCUT2D eigenvalue weighted by atomic mass is 35.5. The van der Waals surface area contributed by atoms with Crippen LogP contribution in [0.2, 0.25) is 5.02 Å². The van der Waals surface area contributed by atoms with E-state index in [1.54, 1.807) is 12.1 Å². The van der Waals surface area contributed by atoms with Gasteiger partial charge in [0.2, 0.25) is 0 Å². The van der Waals surface area contributed by atoms with Gasteiger partial charge in [-0.2, -0.15) is 13.2 Å². The summed E-state index contributed by atoms with van der Waals surface area (Å²) in [4.78, 5) is 16.8. The van der Waals surface area contributed by atoms with Gasteiger partial charge in [-0.1, -0.05) is 18.5 Å². The lowest BCUT2D eigenvalue weighted by Gasteiger charge is -2.14. The van der Waals surface area contributed by atoms with Crippen molar-refractivity contribution in [1.82, 2.24) is 4.98 Å². The first-order chi connectivity index (χ1) is 11.2. The number of amides is 1. The zero-order valence-electron chi connectivity index (χ0n) is 12.3. The molecule has 0 aliphatic carbocycles. The second kappa shape index (κ2) is 7.31. The van der Waals surface area contributed by atoms with E-state index < -0.39 is 34.1 Å². The Morgan fingerprint density at radius 3 is 2.75 bits per heavy atom. The number of phenolic OH excluding ortho intramolecular Hbond substituents is 1. The van der Waals surface area contributed by atoms with Crippen LogP contribution in [0.1, 0.15) is 23.0 Å². The van der Waals surface area contributed by atoms with E-state index in [1.807, 2.05) is 6.92 Å². The standard InChI is InChI=1S/C15H12ClF3N2O2S/c1-2-24-12-4-3-5-20-13(12)14(23)21-10-6-8(15(17,18)19)9(16)7-11(10)22/h3-7,22H,2H2,1H3,(H,21,23). The van der Waals surface area contributed by atoms with E-state index in [-0.39, 0.29) is 5.69 Å². The fourth-order valence-electron chi connectivity index (χ4n) is 1.89. The average Bonchev–Trinajstić information content (AvgIpc) is 2.49. The van der Waals surface area contributed by atoms with Gasteiger partial charge in [0.05, 0.1) is 16.3 Å². The Morgan fingerprint density at radius 2 is 2.12 bits per heavy atom. The number of phenols is 1. The smallest absolute Gasteiger partial charge is 0.417 e. The molecule has 0 saturated carbocycles. The normalized spacial score (nSPS) is 11.4. The van der Waals surface area contributed by atoms with E-state index in [2.05, 4.69) is 10.3 Å². The summed E-state index contributed by atoms with van der Waals surface area (Å²) in [7, 11) is 0. The van der Waals surface area contributed by atoms with Crippen molar-refractivity contribution in [2.24, 2.45) is 0 Å². The maximum absolute atomic E-state index is 12.9. The molecular weight excluding hydrogens is 365 g/mol. The van der Waals surface area contributed by atoms with Crippen molar-refractivity contribution < 1.29 is 23.1 Å². The number of hydrogen-bond acceptors (Lipinski definition) is 4. The Labute approximate surface area is 145 Å². The molecule has 0 radical (unpaired) electrons. The van der Waals surface area contributed by atoms with Crippen molar-refractivity contribution in [3.05, 3.63) is 46.7 Å². The highest BCUT2D eigenvalue weighted by Crippen LogP contribution is 2.40. The number of halogens is 4. The van der Waals surface area contributed by atoms with Gasteiger partial charge in [0.1, 0.15) is 11.4 Å². The Morgan fingerprint density at radius 1 is 1.42 bits per heavy atom. The molecule has 128 valence electrons. The summed E-state index contributed by atoms with van der Waals surface area (Å²) in [6.45, 7) is 1.89. The highest BCUT2D eigenvalue weighted by molar-refractivity contribution is 7.99. The van der Waals surface area contributed by atoms with Crippen LogP contribution in [0.25, 0.3) is 0 Å². The molecule has 2 N–H and O–H groups in total. The van der Waals surface area contributed by atoms with Gasteiger partial charge >= 0.3 is 6.18 Å². The minimum Gasteiger partial charge on any atom is -0.506 e. The summed E-state index contributed by atoms with van der Waals surface area (Å²) in [6.07, 6.45) is -3.31. The van der Waals surface area contributed by atoms with Gasteiger partial charge in [-0.05, 0) is 24.0 Å². The van der Waals surface area contributed by atoms with Crippen LogP contribution in [0, 0.1) is 0 Å². The lowest BCUT2D eigenvalue weighted by Crippen LogP contribution is -2.16. The van der Waals surface area contributed by atoms with Crippen LogP contribution in [-0.4, -0.2) is 21.8 Å². The molecule has 0 fully saturated rings. The third-order valence-electron chi connectivity index (χ3n) is 2.92. The van der Waals surface area contributed by atoms with Gasteiger partial charge in [-0.25, -0.2) is 4.98 Å². The number of benzene rings is 1. The first-order valence-corrected chi connectivity index (χ1v) is 8.09. The number of alkyl halides is 3. The fourth-order valence-corrected chi connectivity index (χ4v) is 2.93. The van der Waals surface area contributed by atoms with E-state index in [0.717, 1.165) is 6.07 Å². The lowest BCUT2D eigenvalue weighted by atomic mass is 10.1. The molecule has 0 aliphatic heterocycles. The number of aromatic nitrogens is 1. The molecule has 1 heterocycles. The quantitative estimate of drug-likeness (QED) is 0.593. The number of carbonyl (C=O) groups is 1. The van der Waals surface area contributed by atoms with Crippen LogP contribution in [0.4, 0.5) is 18.9 Å². The molecule has 0 atom stereocenters. The Kier molecular flexibility index (Phi) is 5.61. The van der Waals surface area contributed by atoms with Crippen molar-refractivity contribution in [2.45, 2.75) is 18.0 Å². The number of hydrogen-bond donors (Lipinski definition) is 2. The van der Waals surface area contributed by atoms with Gasteiger partial charge in [0.15, 0.2) is 0 Å². The zero-order valence-corrected chi connectivity index (χ0v) is 13.9. The first kappa shape index (κ1) is 18.4. The van der Waals surface area contributed by atoms with Gasteiger partial charge in [0.25, 0.3) is 5.91 Å². The number of nitrogens with zero attached hydrogens (tertiary/aromatic N) is 1. The van der Waals surface area contributed by atoms with Crippen LogP contribution in [0.15, 0.2) is 35.4 Å². The average molecular weight is 377 g/mol. The second-order valence-electron chi connectivity index (χ2n) is 4.58. The van der Waals surface area contributed by atoms with Crippen LogP contribution in [-0.2, 0) is 6.18 Å². The number of carbonyl (C=O) groups excluding carboxylic acids is 1. The maximum Gasteiger partial charge on any atom is 0.417 e. The fraction of sp³-hybridized carbons (Fsp3) is 0.200. The molecule has 9 heteroatoms. The SMILES string of the molecule is CCSc1cccnc1C(=O)Nc1cc(C(F)(F)F)c(Cl)cc1O. The minimum atomic E-state index is -4.71. The predicted octanol–water partition coefficient (Wildman–Crippen LogP) is 4.82. The monoisotopic (exact) mass is 376 g/mol. The van der Waals surface area contributed by atoms with Crippen molar-refractivity contribution in [3.63, 3.8) is 0 Å². The summed E-state index contributed by atoms with van der Waals surface area (Å²) >= 11 is 6.87. The molecule has 2 aromatic rings. The number of rotatable bonds is 4. The molecule has 1 amide bonds. The molecule has 0 spiro atoms. The first-order valence-electron chi connectivity index (χ1n) is 6.73. The van der Waals surface area contributed by atoms with Gasteiger partial charge in [-0.3, -0.25) is 4.79 Å². The van der Waals surface area contributed by atoms with Crippen molar-refractivity contribution >= 4 is 35.0 Å². The number of aromatic hydroxyl groups is 1. The largest absolute Gasteiger partial charge is 0.506 e. The Balaban J connectivity index is 2.36. The van der Waals surface area contributed by atoms with E-state index in [9.17, 15) is 23.1 Å². The van der Waals surface area contributed by atoms with E-state index in [1.165, 1.54) is 18.0 Å². The third-order valence-corrected chi connectivity index (χ3v) is 4.17. The third kappa shape index (κ3) is 4.12. The van der Waals surface area contributed by atoms with Crippen molar-refractivity contribution in [2.75, 3.05) is 11.1 Å². The molecule has 1 aromatic heterocycles. The van der Waals surface area contributed by atoms with Crippen molar-refractivity contribution in [1.29, 1.82) is 0 Å². The van der Waals surface area contributed by atoms with Gasteiger partial charge < -0.3 is 10.4 Å². The van der Waals surface area contributed by atoms with Crippen LogP contribution in [0.3, 0.4) is 0 Å². The predicted molar refractivity (Wildman–Crippen MR) is 86.7 cm³/mol. The summed E-state index contributed by atoms with van der Waals surface area (Å²) in [5.41, 5.74) is -1.48. The Hall–Kier alpha value is -1.93. The van der Waals surface area contributed by atoms with Gasteiger partial charge in [-0.15, -0.1) is 11.8 Å². The molecule has 1 aromatic carbocycles. The number of nitrogens with one attached hydrogen (secondary N) is 1. The van der Waals surface area contributed by atoms with Gasteiger partial charge in [0, 0.05) is 17.2 Å². The van der Waals surface area contributed by atoms with Crippen molar-refractivity contribution in [3.8, 4) is 5.75 Å². The molecule has 0 saturated heterocycles. The van der Waals surface area contributed by atoms with Crippen LogP contribution >= 0.6 is 23.4 Å². The van der Waals surface area contributed by atoms with Crippen LogP contribution < -0.4 is 5.32 Å². The van der Waals surface area contributed by atoms with E-state index in [4.69, 9.17) is 11.6 Å². The molecule has 0 unspecified atom stereocenters. The summed E-state index contributed by atoms with van der Waals surface area (Å²) in [6, 6.07) is 4.65. The molecule has 2 rings (SSSR count). The molecule has 0 bridgehead atoms. The minimum absolute atomic E-state index is 0.0623. The van der Waals surface area contributed by atoms with Crippen LogP contribution in [0.5, 0.6) is 5.75 Å². The topological polar surface area (TPSA) is 62.2 Å². The summed E-state index contributed by atoms with van der Waals surface area (Å²) in [5, 5.41) is 11.3. The highest BCUT2D eigenvalue weighted by Gasteiger charge is 2.34. The number of anilines is 1.